The Morgan fingerprint density at radius 3 is 2.50 bits per heavy atom. The van der Waals surface area contributed by atoms with Gasteiger partial charge in [0.1, 0.15) is 5.75 Å². The van der Waals surface area contributed by atoms with Gasteiger partial charge in [-0.15, -0.1) is 0 Å². The molecule has 0 saturated heterocycles. The van der Waals surface area contributed by atoms with Crippen LogP contribution in [0.4, 0.5) is 16.2 Å². The van der Waals surface area contributed by atoms with Crippen LogP contribution in [0.5, 0.6) is 5.75 Å². The summed E-state index contributed by atoms with van der Waals surface area (Å²) in [7, 11) is 0. The molecule has 8 nitrogen and oxygen atoms in total. The SMILES string of the molecule is C[C@@H](NC(=O)Nc1cccc([N+](=O)[O-])c1)[C@H](O)c1ccc(O)cc1. The fourth-order valence-electron chi connectivity index (χ4n) is 2.11. The van der Waals surface area contributed by atoms with Crippen molar-refractivity contribution in [3.05, 3.63) is 64.2 Å². The number of carbonyl (C=O) groups excluding carboxylic acids is 1. The summed E-state index contributed by atoms with van der Waals surface area (Å²) < 4.78 is 0. The highest BCUT2D eigenvalue weighted by atomic mass is 16.6. The Balaban J connectivity index is 1.97. The lowest BCUT2D eigenvalue weighted by molar-refractivity contribution is -0.384. The predicted octanol–water partition coefficient (Wildman–Crippen LogP) is 2.54. The van der Waals surface area contributed by atoms with Crippen molar-refractivity contribution in [2.75, 3.05) is 5.32 Å². The standard InChI is InChI=1S/C16H17N3O5/c1-10(15(21)11-5-7-14(20)8-6-11)17-16(22)18-12-3-2-4-13(9-12)19(23)24/h2-10,15,20-21H,1H3,(H2,17,18,22)/t10-,15+/m1/s1. The Morgan fingerprint density at radius 1 is 1.21 bits per heavy atom. The molecular weight excluding hydrogens is 314 g/mol. The van der Waals surface area contributed by atoms with Gasteiger partial charge in [-0.1, -0.05) is 18.2 Å². The van der Waals surface area contributed by atoms with E-state index < -0.39 is 23.1 Å². The predicted molar refractivity (Wildman–Crippen MR) is 87.8 cm³/mol. The number of phenolic OH excluding ortho intramolecular Hbond substituents is 1. The minimum atomic E-state index is -0.971. The number of carbonyl (C=O) groups is 1. The van der Waals surface area contributed by atoms with Gasteiger partial charge in [0.05, 0.1) is 17.1 Å². The average Bonchev–Trinajstić information content (AvgIpc) is 2.55. The fourth-order valence-corrected chi connectivity index (χ4v) is 2.11. The van der Waals surface area contributed by atoms with Gasteiger partial charge in [0.15, 0.2) is 0 Å². The number of nitro benzene ring substituents is 1. The molecule has 0 fully saturated rings. The van der Waals surface area contributed by atoms with E-state index >= 15 is 0 Å². The second-order valence-corrected chi connectivity index (χ2v) is 5.23. The second kappa shape index (κ2) is 7.42. The summed E-state index contributed by atoms with van der Waals surface area (Å²) in [6.45, 7) is 1.62. The number of rotatable bonds is 5. The van der Waals surface area contributed by atoms with Gasteiger partial charge >= 0.3 is 6.03 Å². The molecule has 0 aliphatic carbocycles. The van der Waals surface area contributed by atoms with Gasteiger partial charge in [-0.25, -0.2) is 4.79 Å². The monoisotopic (exact) mass is 331 g/mol. The highest BCUT2D eigenvalue weighted by Gasteiger charge is 2.18. The fraction of sp³-hybridized carbons (Fsp3) is 0.188. The van der Waals surface area contributed by atoms with Crippen LogP contribution in [-0.4, -0.2) is 27.2 Å². The van der Waals surface area contributed by atoms with Crippen molar-refractivity contribution in [2.45, 2.75) is 19.1 Å². The van der Waals surface area contributed by atoms with Gasteiger partial charge in [0, 0.05) is 17.8 Å². The van der Waals surface area contributed by atoms with Crippen molar-refractivity contribution in [3.8, 4) is 5.75 Å². The first-order valence-electron chi connectivity index (χ1n) is 7.16. The summed E-state index contributed by atoms with van der Waals surface area (Å²) in [5.41, 5.74) is 0.675. The third-order valence-corrected chi connectivity index (χ3v) is 3.38. The van der Waals surface area contributed by atoms with Crippen molar-refractivity contribution < 1.29 is 19.9 Å². The van der Waals surface area contributed by atoms with Crippen LogP contribution < -0.4 is 10.6 Å². The highest BCUT2D eigenvalue weighted by molar-refractivity contribution is 5.89. The minimum absolute atomic E-state index is 0.0787. The average molecular weight is 331 g/mol. The number of aliphatic hydroxyl groups excluding tert-OH is 1. The van der Waals surface area contributed by atoms with Crippen LogP contribution in [0.3, 0.4) is 0 Å². The maximum atomic E-state index is 12.0. The number of nitro groups is 1. The molecule has 0 aliphatic heterocycles. The summed E-state index contributed by atoms with van der Waals surface area (Å²) in [5, 5.41) is 35.2. The summed E-state index contributed by atoms with van der Waals surface area (Å²) in [4.78, 5) is 22.1. The number of phenols is 1. The number of hydrogen-bond acceptors (Lipinski definition) is 5. The van der Waals surface area contributed by atoms with E-state index in [9.17, 15) is 25.1 Å². The molecule has 126 valence electrons. The van der Waals surface area contributed by atoms with Gasteiger partial charge < -0.3 is 20.8 Å². The molecule has 0 heterocycles. The molecule has 0 bridgehead atoms. The van der Waals surface area contributed by atoms with Gasteiger partial charge in [-0.2, -0.15) is 0 Å². The first kappa shape index (κ1) is 17.2. The van der Waals surface area contributed by atoms with Gasteiger partial charge in [0.2, 0.25) is 0 Å². The molecule has 2 atom stereocenters. The Hall–Kier alpha value is -3.13. The maximum Gasteiger partial charge on any atom is 0.319 e. The molecule has 0 aliphatic rings. The molecule has 0 spiro atoms. The first-order chi connectivity index (χ1) is 11.4. The number of urea groups is 1. The number of nitrogens with zero attached hydrogens (tertiary/aromatic N) is 1. The zero-order valence-corrected chi connectivity index (χ0v) is 12.8. The molecule has 0 unspecified atom stereocenters. The van der Waals surface area contributed by atoms with Crippen molar-refractivity contribution in [1.29, 1.82) is 0 Å². The molecule has 0 radical (unpaired) electrons. The summed E-state index contributed by atoms with van der Waals surface area (Å²) in [5.74, 6) is 0.0787. The van der Waals surface area contributed by atoms with Crippen LogP contribution in [0.2, 0.25) is 0 Å². The number of non-ortho nitro benzene ring substituents is 1. The third-order valence-electron chi connectivity index (χ3n) is 3.38. The van der Waals surface area contributed by atoms with Crippen LogP contribution in [0.15, 0.2) is 48.5 Å². The van der Waals surface area contributed by atoms with E-state index in [1.165, 1.54) is 36.4 Å². The summed E-state index contributed by atoms with van der Waals surface area (Å²) in [6, 6.07) is 10.3. The van der Waals surface area contributed by atoms with Crippen LogP contribution in [0.25, 0.3) is 0 Å². The largest absolute Gasteiger partial charge is 0.508 e. The van der Waals surface area contributed by atoms with E-state index in [0.717, 1.165) is 0 Å². The molecule has 8 heteroatoms. The number of amides is 2. The second-order valence-electron chi connectivity index (χ2n) is 5.23. The summed E-state index contributed by atoms with van der Waals surface area (Å²) >= 11 is 0. The normalized spacial score (nSPS) is 12.9. The zero-order valence-electron chi connectivity index (χ0n) is 12.8. The van der Waals surface area contributed by atoms with Crippen molar-refractivity contribution in [3.63, 3.8) is 0 Å². The molecule has 2 rings (SSSR count). The van der Waals surface area contributed by atoms with E-state index in [1.807, 2.05) is 0 Å². The Bertz CT molecular complexity index is 733. The van der Waals surface area contributed by atoms with E-state index in [0.29, 0.717) is 5.56 Å². The molecule has 4 N–H and O–H groups in total. The van der Waals surface area contributed by atoms with Crippen molar-refractivity contribution in [1.82, 2.24) is 5.32 Å². The lowest BCUT2D eigenvalue weighted by Crippen LogP contribution is -2.39. The van der Waals surface area contributed by atoms with E-state index in [2.05, 4.69) is 10.6 Å². The molecule has 2 amide bonds. The van der Waals surface area contributed by atoms with Crippen LogP contribution in [0.1, 0.15) is 18.6 Å². The van der Waals surface area contributed by atoms with Crippen LogP contribution in [-0.2, 0) is 0 Å². The molecule has 24 heavy (non-hydrogen) atoms. The lowest BCUT2D eigenvalue weighted by atomic mass is 10.0. The minimum Gasteiger partial charge on any atom is -0.508 e. The number of aromatic hydroxyl groups is 1. The molecule has 2 aromatic rings. The number of hydrogen-bond donors (Lipinski definition) is 4. The molecular formula is C16H17N3O5. The van der Waals surface area contributed by atoms with Crippen LogP contribution >= 0.6 is 0 Å². The first-order valence-corrected chi connectivity index (χ1v) is 7.16. The van der Waals surface area contributed by atoms with E-state index in [4.69, 9.17) is 0 Å². The number of anilines is 1. The lowest BCUT2D eigenvalue weighted by Gasteiger charge is -2.21. The van der Waals surface area contributed by atoms with E-state index in [-0.39, 0.29) is 17.1 Å². The Morgan fingerprint density at radius 2 is 1.88 bits per heavy atom. The van der Waals surface area contributed by atoms with E-state index in [1.54, 1.807) is 19.1 Å². The Labute approximate surface area is 137 Å². The molecule has 2 aromatic carbocycles. The zero-order chi connectivity index (χ0) is 17.7. The Kier molecular flexibility index (Phi) is 5.33. The number of aliphatic hydroxyl groups is 1. The van der Waals surface area contributed by atoms with Crippen LogP contribution in [0, 0.1) is 10.1 Å². The molecule has 0 saturated carbocycles. The number of benzene rings is 2. The van der Waals surface area contributed by atoms with Gasteiger partial charge in [-0.05, 0) is 30.7 Å². The summed E-state index contributed by atoms with van der Waals surface area (Å²) in [6.07, 6.45) is -0.971. The quantitative estimate of drug-likeness (QED) is 0.495. The van der Waals surface area contributed by atoms with Gasteiger partial charge in [0.25, 0.3) is 5.69 Å². The topological polar surface area (TPSA) is 125 Å². The highest BCUT2D eigenvalue weighted by Crippen LogP contribution is 2.20. The maximum absolute atomic E-state index is 12.0. The number of nitrogens with one attached hydrogen (secondary N) is 2. The third kappa shape index (κ3) is 4.43. The van der Waals surface area contributed by atoms with Gasteiger partial charge in [-0.3, -0.25) is 10.1 Å². The van der Waals surface area contributed by atoms with Crippen molar-refractivity contribution >= 4 is 17.4 Å². The van der Waals surface area contributed by atoms with Crippen molar-refractivity contribution in [2.24, 2.45) is 0 Å². The smallest absolute Gasteiger partial charge is 0.319 e. The molecule has 0 aromatic heterocycles.